The summed E-state index contributed by atoms with van der Waals surface area (Å²) in [4.78, 5) is 28.0. The molecule has 0 aromatic heterocycles. The highest BCUT2D eigenvalue weighted by Gasteiger charge is 2.23. The van der Waals surface area contributed by atoms with Gasteiger partial charge in [-0.3, -0.25) is 14.5 Å². The minimum Gasteiger partial charge on any atom is -0.378 e. The van der Waals surface area contributed by atoms with Gasteiger partial charge < -0.3 is 15.0 Å². The first-order chi connectivity index (χ1) is 11.0. The topological polar surface area (TPSA) is 61.9 Å². The van der Waals surface area contributed by atoms with Gasteiger partial charge >= 0.3 is 0 Å². The number of hydrogen-bond donors (Lipinski definition) is 1. The Hall–Kier alpha value is -1.63. The first-order valence-corrected chi connectivity index (χ1v) is 7.97. The molecule has 126 valence electrons. The van der Waals surface area contributed by atoms with Crippen molar-refractivity contribution >= 4 is 29.1 Å². The molecule has 1 heterocycles. The Morgan fingerprint density at radius 2 is 2.09 bits per heavy atom. The van der Waals surface area contributed by atoms with Gasteiger partial charge in [0.15, 0.2) is 0 Å². The molecule has 1 atom stereocenters. The summed E-state index contributed by atoms with van der Waals surface area (Å²) in [6.45, 7) is 4.32. The summed E-state index contributed by atoms with van der Waals surface area (Å²) in [6, 6.07) is 6.54. The van der Waals surface area contributed by atoms with Crippen molar-refractivity contribution in [2.45, 2.75) is 13.0 Å². The van der Waals surface area contributed by atoms with Crippen molar-refractivity contribution in [3.63, 3.8) is 0 Å². The quantitative estimate of drug-likeness (QED) is 0.882. The lowest BCUT2D eigenvalue weighted by atomic mass is 10.2. The van der Waals surface area contributed by atoms with Crippen LogP contribution >= 0.6 is 11.6 Å². The van der Waals surface area contributed by atoms with E-state index in [1.165, 1.54) is 0 Å². The van der Waals surface area contributed by atoms with Gasteiger partial charge in [0.2, 0.25) is 11.8 Å². The van der Waals surface area contributed by atoms with Crippen LogP contribution in [-0.4, -0.2) is 67.6 Å². The number of rotatable bonds is 5. The zero-order valence-electron chi connectivity index (χ0n) is 13.4. The van der Waals surface area contributed by atoms with Crippen molar-refractivity contribution < 1.29 is 14.3 Å². The van der Waals surface area contributed by atoms with E-state index in [1.54, 1.807) is 48.0 Å². The fourth-order valence-corrected chi connectivity index (χ4v) is 2.47. The molecule has 7 heteroatoms. The van der Waals surface area contributed by atoms with E-state index >= 15 is 0 Å². The third-order valence-electron chi connectivity index (χ3n) is 3.88. The molecule has 0 spiro atoms. The average Bonchev–Trinajstić information content (AvgIpc) is 2.54. The van der Waals surface area contributed by atoms with Crippen LogP contribution in [-0.2, 0) is 14.3 Å². The van der Waals surface area contributed by atoms with Crippen molar-refractivity contribution in [2.75, 3.05) is 45.2 Å². The summed E-state index contributed by atoms with van der Waals surface area (Å²) in [7, 11) is 1.76. The molecule has 1 aromatic carbocycles. The predicted octanol–water partition coefficient (Wildman–Crippen LogP) is 1.46. The van der Waals surface area contributed by atoms with Gasteiger partial charge in [-0.25, -0.2) is 0 Å². The van der Waals surface area contributed by atoms with Gasteiger partial charge in [-0.05, 0) is 32.2 Å². The maximum atomic E-state index is 12.3. The third-order valence-corrected chi connectivity index (χ3v) is 4.12. The molecule has 1 fully saturated rings. The van der Waals surface area contributed by atoms with Gasteiger partial charge in [-0.15, -0.1) is 0 Å². The van der Waals surface area contributed by atoms with Crippen LogP contribution in [0, 0.1) is 0 Å². The van der Waals surface area contributed by atoms with Crippen LogP contribution in [0.25, 0.3) is 0 Å². The highest BCUT2D eigenvalue weighted by Crippen LogP contribution is 2.15. The molecule has 2 amide bonds. The fourth-order valence-electron chi connectivity index (χ4n) is 2.28. The lowest BCUT2D eigenvalue weighted by Gasteiger charge is -2.30. The van der Waals surface area contributed by atoms with Crippen LogP contribution in [0.2, 0.25) is 5.02 Å². The molecular weight excluding hydrogens is 318 g/mol. The number of likely N-dealkylation sites (N-methyl/N-ethyl adjacent to an activating group) is 1. The molecule has 0 saturated carbocycles. The van der Waals surface area contributed by atoms with Crippen LogP contribution < -0.4 is 5.32 Å². The number of nitrogens with one attached hydrogen (secondary N) is 1. The SMILES string of the molecule is C[C@H](C(=O)Nc1cccc(Cl)c1)N(C)CC(=O)N1CCOCC1. The summed E-state index contributed by atoms with van der Waals surface area (Å²) in [5, 5.41) is 3.37. The summed E-state index contributed by atoms with van der Waals surface area (Å²) >= 11 is 5.90. The molecular formula is C16H22ClN3O3. The number of morpholine rings is 1. The van der Waals surface area contributed by atoms with E-state index in [1.807, 2.05) is 0 Å². The van der Waals surface area contributed by atoms with Crippen LogP contribution in [0.4, 0.5) is 5.69 Å². The van der Waals surface area contributed by atoms with Crippen LogP contribution in [0.5, 0.6) is 0 Å². The van der Waals surface area contributed by atoms with Crippen molar-refractivity contribution in [3.05, 3.63) is 29.3 Å². The standard InChI is InChI=1S/C16H22ClN3O3/c1-12(16(22)18-14-5-3-4-13(17)10-14)19(2)11-15(21)20-6-8-23-9-7-20/h3-5,10,12H,6-9,11H2,1-2H3,(H,18,22)/t12-/m1/s1. The van der Waals surface area contributed by atoms with Crippen molar-refractivity contribution in [1.29, 1.82) is 0 Å². The zero-order valence-corrected chi connectivity index (χ0v) is 14.2. The number of nitrogens with zero attached hydrogens (tertiary/aromatic N) is 2. The van der Waals surface area contributed by atoms with Gasteiger partial charge in [0.1, 0.15) is 0 Å². The maximum absolute atomic E-state index is 12.3. The first kappa shape index (κ1) is 17.7. The van der Waals surface area contributed by atoms with Gasteiger partial charge in [0.05, 0.1) is 25.8 Å². The fraction of sp³-hybridized carbons (Fsp3) is 0.500. The number of halogens is 1. The normalized spacial score (nSPS) is 16.3. The molecule has 1 aliphatic rings. The van der Waals surface area contributed by atoms with E-state index in [0.29, 0.717) is 37.0 Å². The minimum absolute atomic E-state index is 0.0122. The summed E-state index contributed by atoms with van der Waals surface area (Å²) in [6.07, 6.45) is 0. The van der Waals surface area contributed by atoms with Gasteiger partial charge in [0, 0.05) is 23.8 Å². The first-order valence-electron chi connectivity index (χ1n) is 7.59. The second-order valence-corrected chi connectivity index (χ2v) is 6.02. The average molecular weight is 340 g/mol. The van der Waals surface area contributed by atoms with Gasteiger partial charge in [-0.2, -0.15) is 0 Å². The summed E-state index contributed by atoms with van der Waals surface area (Å²) in [5.74, 6) is -0.164. The molecule has 0 bridgehead atoms. The van der Waals surface area contributed by atoms with Gasteiger partial charge in [0.25, 0.3) is 0 Å². The highest BCUT2D eigenvalue weighted by atomic mass is 35.5. The zero-order chi connectivity index (χ0) is 16.8. The Labute approximate surface area is 141 Å². The molecule has 1 saturated heterocycles. The Kier molecular flexibility index (Phi) is 6.38. The Balaban J connectivity index is 1.86. The van der Waals surface area contributed by atoms with Crippen molar-refractivity contribution in [3.8, 4) is 0 Å². The summed E-state index contributed by atoms with van der Waals surface area (Å²) < 4.78 is 5.23. The number of carbonyl (C=O) groups excluding carboxylic acids is 2. The number of ether oxygens (including phenoxy) is 1. The Bertz CT molecular complexity index is 561. The molecule has 1 aromatic rings. The van der Waals surface area contributed by atoms with E-state index in [2.05, 4.69) is 5.32 Å². The lowest BCUT2D eigenvalue weighted by Crippen LogP contribution is -2.48. The molecule has 0 aliphatic carbocycles. The minimum atomic E-state index is -0.432. The van der Waals surface area contributed by atoms with Crippen LogP contribution in [0.3, 0.4) is 0 Å². The van der Waals surface area contributed by atoms with E-state index in [4.69, 9.17) is 16.3 Å². The monoisotopic (exact) mass is 339 g/mol. The molecule has 23 heavy (non-hydrogen) atoms. The van der Waals surface area contributed by atoms with Crippen LogP contribution in [0.15, 0.2) is 24.3 Å². The molecule has 1 aliphatic heterocycles. The number of amides is 2. The number of anilines is 1. The summed E-state index contributed by atoms with van der Waals surface area (Å²) in [5.41, 5.74) is 0.641. The molecule has 2 rings (SSSR count). The molecule has 0 unspecified atom stereocenters. The second kappa shape index (κ2) is 8.29. The van der Waals surface area contributed by atoms with E-state index in [-0.39, 0.29) is 18.4 Å². The Morgan fingerprint density at radius 3 is 2.74 bits per heavy atom. The van der Waals surface area contributed by atoms with Crippen molar-refractivity contribution in [2.24, 2.45) is 0 Å². The van der Waals surface area contributed by atoms with E-state index in [9.17, 15) is 9.59 Å². The van der Waals surface area contributed by atoms with Crippen LogP contribution in [0.1, 0.15) is 6.92 Å². The second-order valence-electron chi connectivity index (χ2n) is 5.58. The maximum Gasteiger partial charge on any atom is 0.241 e. The lowest BCUT2D eigenvalue weighted by molar-refractivity contribution is -0.137. The molecule has 1 N–H and O–H groups in total. The van der Waals surface area contributed by atoms with E-state index in [0.717, 1.165) is 0 Å². The Morgan fingerprint density at radius 1 is 1.39 bits per heavy atom. The predicted molar refractivity (Wildman–Crippen MR) is 89.6 cm³/mol. The molecule has 6 nitrogen and oxygen atoms in total. The number of carbonyl (C=O) groups is 2. The van der Waals surface area contributed by atoms with Gasteiger partial charge in [-0.1, -0.05) is 17.7 Å². The van der Waals surface area contributed by atoms with Crippen molar-refractivity contribution in [1.82, 2.24) is 9.80 Å². The number of hydrogen-bond acceptors (Lipinski definition) is 4. The largest absolute Gasteiger partial charge is 0.378 e. The number of benzene rings is 1. The van der Waals surface area contributed by atoms with E-state index < -0.39 is 6.04 Å². The highest BCUT2D eigenvalue weighted by molar-refractivity contribution is 6.30. The smallest absolute Gasteiger partial charge is 0.241 e. The third kappa shape index (κ3) is 5.20. The molecule has 0 radical (unpaired) electrons.